The summed E-state index contributed by atoms with van der Waals surface area (Å²) in [5.74, 6) is -0.312. The molecule has 1 aliphatic rings. The Bertz CT molecular complexity index is 970. The molecule has 0 spiro atoms. The van der Waals surface area contributed by atoms with E-state index in [4.69, 9.17) is 0 Å². The molecule has 26 heavy (non-hydrogen) atoms. The summed E-state index contributed by atoms with van der Waals surface area (Å²) >= 11 is 0. The number of rotatable bonds is 4. The third-order valence-electron chi connectivity index (χ3n) is 4.65. The number of nitrogens with zero attached hydrogens (tertiary/aromatic N) is 3. The minimum atomic E-state index is -0.312. The van der Waals surface area contributed by atoms with Gasteiger partial charge in [0.05, 0.1) is 5.69 Å². The summed E-state index contributed by atoms with van der Waals surface area (Å²) in [5.41, 5.74) is 2.78. The van der Waals surface area contributed by atoms with Gasteiger partial charge in [0.25, 0.3) is 0 Å². The fraction of sp³-hybridized carbons (Fsp3) is 0.190. The standard InChI is InChI=1S/C21H20FN3O/c22-18-8-10-19(11-9-18)24-13-14-25(21(24)26)20-7-4-12-23(16-20)15-17-5-2-1-3-6-17/h1-3,5-11,13-14H,4,12,15-16H2. The number of halogens is 1. The van der Waals surface area contributed by atoms with Gasteiger partial charge < -0.3 is 0 Å². The summed E-state index contributed by atoms with van der Waals surface area (Å²) in [4.78, 5) is 15.1. The SMILES string of the molecule is O=c1n(C2=CCCN(Cc3ccccc3)C2)ccn1-c1ccc(F)cc1. The zero-order chi connectivity index (χ0) is 17.9. The number of benzene rings is 2. The predicted octanol–water partition coefficient (Wildman–Crippen LogP) is 3.52. The second kappa shape index (κ2) is 7.14. The van der Waals surface area contributed by atoms with Crippen molar-refractivity contribution in [2.45, 2.75) is 13.0 Å². The van der Waals surface area contributed by atoms with Crippen LogP contribution in [-0.2, 0) is 6.54 Å². The number of hydrogen-bond donors (Lipinski definition) is 0. The maximum absolute atomic E-state index is 13.1. The quantitative estimate of drug-likeness (QED) is 0.721. The monoisotopic (exact) mass is 349 g/mol. The molecular weight excluding hydrogens is 329 g/mol. The van der Waals surface area contributed by atoms with E-state index in [9.17, 15) is 9.18 Å². The first-order valence-electron chi connectivity index (χ1n) is 8.72. The van der Waals surface area contributed by atoms with E-state index in [-0.39, 0.29) is 11.5 Å². The van der Waals surface area contributed by atoms with Crippen LogP contribution < -0.4 is 5.69 Å². The molecule has 0 unspecified atom stereocenters. The molecule has 0 saturated heterocycles. The smallest absolute Gasteiger partial charge is 0.293 e. The molecule has 0 radical (unpaired) electrons. The Labute approximate surface area is 151 Å². The van der Waals surface area contributed by atoms with Crippen LogP contribution in [0.1, 0.15) is 12.0 Å². The summed E-state index contributed by atoms with van der Waals surface area (Å²) < 4.78 is 16.3. The summed E-state index contributed by atoms with van der Waals surface area (Å²) in [6, 6.07) is 16.3. The van der Waals surface area contributed by atoms with Crippen molar-refractivity contribution in [1.82, 2.24) is 14.0 Å². The minimum absolute atomic E-state index is 0.135. The van der Waals surface area contributed by atoms with Gasteiger partial charge >= 0.3 is 5.69 Å². The fourth-order valence-electron chi connectivity index (χ4n) is 3.33. The van der Waals surface area contributed by atoms with Crippen molar-refractivity contribution in [2.75, 3.05) is 13.1 Å². The molecule has 4 nitrogen and oxygen atoms in total. The van der Waals surface area contributed by atoms with E-state index >= 15 is 0 Å². The van der Waals surface area contributed by atoms with Crippen LogP contribution in [0, 0.1) is 5.82 Å². The zero-order valence-corrected chi connectivity index (χ0v) is 14.4. The van der Waals surface area contributed by atoms with Gasteiger partial charge in [0.1, 0.15) is 5.82 Å². The fourth-order valence-corrected chi connectivity index (χ4v) is 3.33. The second-order valence-corrected chi connectivity index (χ2v) is 6.48. The molecule has 132 valence electrons. The maximum atomic E-state index is 13.1. The van der Waals surface area contributed by atoms with Crippen molar-refractivity contribution < 1.29 is 4.39 Å². The molecule has 3 aromatic rings. The van der Waals surface area contributed by atoms with Crippen LogP contribution >= 0.6 is 0 Å². The molecule has 1 aromatic heterocycles. The average molecular weight is 349 g/mol. The first-order chi connectivity index (χ1) is 12.7. The Hall–Kier alpha value is -2.92. The third kappa shape index (κ3) is 3.39. The molecule has 5 heteroatoms. The highest BCUT2D eigenvalue weighted by molar-refractivity contribution is 5.48. The van der Waals surface area contributed by atoms with Crippen molar-refractivity contribution in [3.8, 4) is 5.69 Å². The van der Waals surface area contributed by atoms with Crippen LogP contribution in [0.3, 0.4) is 0 Å². The number of imidazole rings is 1. The molecule has 4 rings (SSSR count). The largest absolute Gasteiger partial charge is 0.337 e. The van der Waals surface area contributed by atoms with Crippen molar-refractivity contribution in [3.05, 3.63) is 94.9 Å². The van der Waals surface area contributed by atoms with E-state index in [2.05, 4.69) is 23.1 Å². The van der Waals surface area contributed by atoms with Gasteiger partial charge in [-0.05, 0) is 36.2 Å². The van der Waals surface area contributed by atoms with Crippen LogP contribution in [0.25, 0.3) is 11.4 Å². The molecule has 0 bridgehead atoms. The molecule has 2 heterocycles. The Balaban J connectivity index is 1.55. The minimum Gasteiger partial charge on any atom is -0.293 e. The first kappa shape index (κ1) is 16.5. The summed E-state index contributed by atoms with van der Waals surface area (Å²) in [6.07, 6.45) is 6.55. The van der Waals surface area contributed by atoms with Crippen LogP contribution in [0.5, 0.6) is 0 Å². The molecule has 0 aliphatic carbocycles. The van der Waals surface area contributed by atoms with Crippen LogP contribution in [0.4, 0.5) is 4.39 Å². The van der Waals surface area contributed by atoms with E-state index in [0.717, 1.165) is 31.8 Å². The van der Waals surface area contributed by atoms with Gasteiger partial charge in [-0.2, -0.15) is 0 Å². The van der Waals surface area contributed by atoms with Crippen molar-refractivity contribution in [2.24, 2.45) is 0 Å². The summed E-state index contributed by atoms with van der Waals surface area (Å²) in [7, 11) is 0. The molecule has 0 fully saturated rings. The van der Waals surface area contributed by atoms with Crippen molar-refractivity contribution in [3.63, 3.8) is 0 Å². The Kier molecular flexibility index (Phi) is 4.54. The van der Waals surface area contributed by atoms with Crippen LogP contribution in [0.15, 0.2) is 77.9 Å². The highest BCUT2D eigenvalue weighted by atomic mass is 19.1. The highest BCUT2D eigenvalue weighted by Gasteiger charge is 2.17. The van der Waals surface area contributed by atoms with Crippen LogP contribution in [0.2, 0.25) is 0 Å². The second-order valence-electron chi connectivity index (χ2n) is 6.48. The number of aromatic nitrogens is 2. The predicted molar refractivity (Wildman–Crippen MR) is 101 cm³/mol. The Morgan fingerprint density at radius 3 is 2.42 bits per heavy atom. The molecule has 0 saturated carbocycles. The van der Waals surface area contributed by atoms with Gasteiger partial charge in [-0.15, -0.1) is 0 Å². The normalized spacial score (nSPS) is 15.0. The maximum Gasteiger partial charge on any atom is 0.337 e. The van der Waals surface area contributed by atoms with Crippen LogP contribution in [-0.4, -0.2) is 27.1 Å². The molecular formula is C21H20FN3O. The van der Waals surface area contributed by atoms with E-state index < -0.39 is 0 Å². The molecule has 0 atom stereocenters. The summed E-state index contributed by atoms with van der Waals surface area (Å²) in [5, 5.41) is 0. The zero-order valence-electron chi connectivity index (χ0n) is 14.4. The van der Waals surface area contributed by atoms with Crippen molar-refractivity contribution >= 4 is 5.70 Å². The van der Waals surface area contributed by atoms with E-state index in [1.807, 2.05) is 18.2 Å². The number of hydrogen-bond acceptors (Lipinski definition) is 2. The lowest BCUT2D eigenvalue weighted by Crippen LogP contribution is -2.33. The molecule has 2 aromatic carbocycles. The van der Waals surface area contributed by atoms with Gasteiger partial charge in [0, 0.05) is 37.7 Å². The summed E-state index contributed by atoms with van der Waals surface area (Å²) in [6.45, 7) is 2.57. The van der Waals surface area contributed by atoms with Gasteiger partial charge in [0.2, 0.25) is 0 Å². The van der Waals surface area contributed by atoms with Gasteiger partial charge in [0.15, 0.2) is 0 Å². The molecule has 0 N–H and O–H groups in total. The van der Waals surface area contributed by atoms with Gasteiger partial charge in [-0.3, -0.25) is 14.0 Å². The molecule has 0 amide bonds. The van der Waals surface area contributed by atoms with Gasteiger partial charge in [-0.1, -0.05) is 36.4 Å². The lowest BCUT2D eigenvalue weighted by atomic mass is 10.1. The first-order valence-corrected chi connectivity index (χ1v) is 8.72. The van der Waals surface area contributed by atoms with Gasteiger partial charge in [-0.25, -0.2) is 9.18 Å². The van der Waals surface area contributed by atoms with E-state index in [1.165, 1.54) is 22.3 Å². The Morgan fingerprint density at radius 2 is 1.65 bits per heavy atom. The van der Waals surface area contributed by atoms with E-state index in [1.54, 1.807) is 29.1 Å². The Morgan fingerprint density at radius 1 is 0.923 bits per heavy atom. The lowest BCUT2D eigenvalue weighted by Gasteiger charge is -2.27. The topological polar surface area (TPSA) is 30.2 Å². The lowest BCUT2D eigenvalue weighted by molar-refractivity contribution is 0.292. The third-order valence-corrected chi connectivity index (χ3v) is 4.65. The van der Waals surface area contributed by atoms with E-state index in [0.29, 0.717) is 5.69 Å². The average Bonchev–Trinajstić information content (AvgIpc) is 3.05. The highest BCUT2D eigenvalue weighted by Crippen LogP contribution is 2.16. The van der Waals surface area contributed by atoms with Crippen molar-refractivity contribution in [1.29, 1.82) is 0 Å². The molecule has 1 aliphatic heterocycles.